The van der Waals surface area contributed by atoms with Crippen LogP contribution in [0.5, 0.6) is 0 Å². The maximum Gasteiger partial charge on any atom is 0.0998 e. The summed E-state index contributed by atoms with van der Waals surface area (Å²) in [6.45, 7) is 6.31. The van der Waals surface area contributed by atoms with Gasteiger partial charge < -0.3 is 4.57 Å². The van der Waals surface area contributed by atoms with Crippen LogP contribution in [-0.4, -0.2) is 4.57 Å². The van der Waals surface area contributed by atoms with Gasteiger partial charge in [0.25, 0.3) is 0 Å². The van der Waals surface area contributed by atoms with Crippen LogP contribution >= 0.6 is 23.2 Å². The number of nitrogens with zero attached hydrogens (tertiary/aromatic N) is 2. The average molecular weight is 319 g/mol. The number of nitriles is 1. The summed E-state index contributed by atoms with van der Waals surface area (Å²) >= 11 is 12.1. The number of rotatable bonds is 3. The molecule has 0 saturated carbocycles. The van der Waals surface area contributed by atoms with E-state index in [4.69, 9.17) is 23.2 Å². The Morgan fingerprint density at radius 3 is 2.52 bits per heavy atom. The molecular weight excluding hydrogens is 303 g/mol. The number of aryl methyl sites for hydroxylation is 1. The molecule has 2 rings (SSSR count). The van der Waals surface area contributed by atoms with Crippen LogP contribution in [0, 0.1) is 18.3 Å². The van der Waals surface area contributed by atoms with Gasteiger partial charge in [-0.1, -0.05) is 29.3 Å². The number of halogens is 2. The van der Waals surface area contributed by atoms with E-state index < -0.39 is 0 Å². The summed E-state index contributed by atoms with van der Waals surface area (Å²) in [6.07, 6.45) is 3.89. The molecule has 1 heterocycles. The zero-order valence-corrected chi connectivity index (χ0v) is 13.7. The van der Waals surface area contributed by atoms with Crippen LogP contribution in [0.25, 0.3) is 11.6 Å². The minimum Gasteiger partial charge on any atom is -0.349 e. The summed E-state index contributed by atoms with van der Waals surface area (Å²) in [6, 6.07) is 9.80. The Morgan fingerprint density at radius 2 is 2.00 bits per heavy atom. The molecule has 0 amide bonds. The molecule has 1 aromatic heterocycles. The van der Waals surface area contributed by atoms with E-state index in [0.717, 1.165) is 11.3 Å². The average Bonchev–Trinajstić information content (AvgIpc) is 2.78. The fraction of sp³-hybridized carbons (Fsp3) is 0.235. The van der Waals surface area contributed by atoms with Gasteiger partial charge in [0.2, 0.25) is 0 Å². The summed E-state index contributed by atoms with van der Waals surface area (Å²) in [5, 5.41) is 10.4. The van der Waals surface area contributed by atoms with Gasteiger partial charge in [0, 0.05) is 28.5 Å². The molecule has 0 radical (unpaired) electrons. The topological polar surface area (TPSA) is 28.7 Å². The van der Waals surface area contributed by atoms with Crippen molar-refractivity contribution in [3.05, 3.63) is 57.3 Å². The van der Waals surface area contributed by atoms with Gasteiger partial charge >= 0.3 is 0 Å². The molecule has 0 N–H and O–H groups in total. The smallest absolute Gasteiger partial charge is 0.0998 e. The van der Waals surface area contributed by atoms with E-state index in [-0.39, 0.29) is 0 Å². The molecule has 0 aliphatic heterocycles. The Balaban J connectivity index is 2.46. The van der Waals surface area contributed by atoms with E-state index in [1.54, 1.807) is 18.2 Å². The Labute approximate surface area is 135 Å². The number of benzene rings is 1. The highest BCUT2D eigenvalue weighted by Gasteiger charge is 2.09. The minimum atomic E-state index is 0.386. The van der Waals surface area contributed by atoms with Crippen molar-refractivity contribution in [1.29, 1.82) is 5.26 Å². The zero-order valence-electron chi connectivity index (χ0n) is 12.2. The van der Waals surface area contributed by atoms with E-state index in [1.807, 2.05) is 12.3 Å². The summed E-state index contributed by atoms with van der Waals surface area (Å²) in [5.41, 5.74) is 3.37. The number of allylic oxidation sites excluding steroid dienone is 1. The Bertz CT molecular complexity index is 734. The summed E-state index contributed by atoms with van der Waals surface area (Å²) in [7, 11) is 0. The molecule has 2 aromatic rings. The van der Waals surface area contributed by atoms with Crippen LogP contribution in [-0.2, 0) is 0 Å². The zero-order chi connectivity index (χ0) is 15.6. The van der Waals surface area contributed by atoms with Crippen molar-refractivity contribution in [2.75, 3.05) is 0 Å². The fourth-order valence-corrected chi connectivity index (χ4v) is 2.81. The molecule has 0 atom stereocenters. The van der Waals surface area contributed by atoms with Gasteiger partial charge in [0.1, 0.15) is 0 Å². The van der Waals surface area contributed by atoms with Crippen LogP contribution in [0.15, 0.2) is 30.5 Å². The van der Waals surface area contributed by atoms with Crippen LogP contribution < -0.4 is 0 Å². The maximum absolute atomic E-state index is 9.40. The first-order chi connectivity index (χ1) is 9.92. The second kappa shape index (κ2) is 6.39. The predicted molar refractivity (Wildman–Crippen MR) is 89.5 cm³/mol. The first-order valence-corrected chi connectivity index (χ1v) is 7.43. The van der Waals surface area contributed by atoms with Crippen LogP contribution in [0.2, 0.25) is 10.0 Å². The molecule has 0 fully saturated rings. The molecule has 4 heteroatoms. The first kappa shape index (κ1) is 15.7. The van der Waals surface area contributed by atoms with Gasteiger partial charge in [-0.15, -0.1) is 0 Å². The van der Waals surface area contributed by atoms with Crippen molar-refractivity contribution < 1.29 is 0 Å². The normalized spacial score (nSPS) is 11.8. The van der Waals surface area contributed by atoms with E-state index in [0.29, 0.717) is 27.2 Å². The third kappa shape index (κ3) is 3.50. The third-order valence-corrected chi connectivity index (χ3v) is 3.83. The van der Waals surface area contributed by atoms with Crippen molar-refractivity contribution in [3.8, 4) is 6.07 Å². The largest absolute Gasteiger partial charge is 0.349 e. The lowest BCUT2D eigenvalue weighted by Gasteiger charge is -2.08. The quantitative estimate of drug-likeness (QED) is 0.662. The lowest BCUT2D eigenvalue weighted by molar-refractivity contribution is 0.589. The van der Waals surface area contributed by atoms with E-state index in [2.05, 4.69) is 37.5 Å². The summed E-state index contributed by atoms with van der Waals surface area (Å²) < 4.78 is 2.17. The van der Waals surface area contributed by atoms with Crippen molar-refractivity contribution in [2.24, 2.45) is 0 Å². The molecule has 2 nitrogen and oxygen atoms in total. The van der Waals surface area contributed by atoms with Gasteiger partial charge in [-0.05, 0) is 50.6 Å². The van der Waals surface area contributed by atoms with Gasteiger partial charge in [0.15, 0.2) is 0 Å². The molecule has 0 aliphatic carbocycles. The maximum atomic E-state index is 9.40. The van der Waals surface area contributed by atoms with Gasteiger partial charge in [-0.25, -0.2) is 0 Å². The molecule has 0 unspecified atom stereocenters. The summed E-state index contributed by atoms with van der Waals surface area (Å²) in [5.74, 6) is 0. The Hall–Kier alpha value is -1.69. The molecule has 108 valence electrons. The molecule has 0 aliphatic rings. The highest BCUT2D eigenvalue weighted by atomic mass is 35.5. The third-order valence-electron chi connectivity index (χ3n) is 3.28. The summed E-state index contributed by atoms with van der Waals surface area (Å²) in [4.78, 5) is 0. The SMILES string of the molecule is Cc1cc(/C=C(\C#N)c2ccc(Cl)cc2Cl)cn1C(C)C. The van der Waals surface area contributed by atoms with Gasteiger partial charge in [0.05, 0.1) is 16.7 Å². The van der Waals surface area contributed by atoms with E-state index >= 15 is 0 Å². The second-order valence-corrected chi connectivity index (χ2v) is 6.05. The number of hydrogen-bond acceptors (Lipinski definition) is 1. The molecular formula is C17H16Cl2N2. The van der Waals surface area contributed by atoms with Gasteiger partial charge in [-0.2, -0.15) is 5.26 Å². The molecule has 0 saturated heterocycles. The monoisotopic (exact) mass is 318 g/mol. The lowest BCUT2D eigenvalue weighted by atomic mass is 10.1. The van der Waals surface area contributed by atoms with Crippen LogP contribution in [0.3, 0.4) is 0 Å². The predicted octanol–water partition coefficient (Wildman–Crippen LogP) is 5.75. The van der Waals surface area contributed by atoms with Crippen LogP contribution in [0.1, 0.15) is 36.7 Å². The highest BCUT2D eigenvalue weighted by Crippen LogP contribution is 2.28. The van der Waals surface area contributed by atoms with Crippen molar-refractivity contribution in [2.45, 2.75) is 26.8 Å². The molecule has 21 heavy (non-hydrogen) atoms. The van der Waals surface area contributed by atoms with Crippen molar-refractivity contribution >= 4 is 34.9 Å². The second-order valence-electron chi connectivity index (χ2n) is 5.21. The molecule has 0 bridgehead atoms. The molecule has 1 aromatic carbocycles. The van der Waals surface area contributed by atoms with Crippen molar-refractivity contribution in [1.82, 2.24) is 4.57 Å². The number of hydrogen-bond donors (Lipinski definition) is 0. The Morgan fingerprint density at radius 1 is 1.29 bits per heavy atom. The number of aromatic nitrogens is 1. The standard InChI is InChI=1S/C17H16Cl2N2/c1-11(2)21-10-13(6-12(21)3)7-14(9-20)16-5-4-15(18)8-17(16)19/h4-8,10-11H,1-3H3/b14-7+. The van der Waals surface area contributed by atoms with Gasteiger partial charge in [-0.3, -0.25) is 0 Å². The van der Waals surface area contributed by atoms with E-state index in [9.17, 15) is 5.26 Å². The Kier molecular flexibility index (Phi) is 4.77. The highest BCUT2D eigenvalue weighted by molar-refractivity contribution is 6.36. The van der Waals surface area contributed by atoms with Crippen molar-refractivity contribution in [3.63, 3.8) is 0 Å². The van der Waals surface area contributed by atoms with E-state index in [1.165, 1.54) is 0 Å². The van der Waals surface area contributed by atoms with Crippen LogP contribution in [0.4, 0.5) is 0 Å². The minimum absolute atomic E-state index is 0.386. The molecule has 0 spiro atoms. The fourth-order valence-electron chi connectivity index (χ4n) is 2.30. The first-order valence-electron chi connectivity index (χ1n) is 6.68. The lowest BCUT2D eigenvalue weighted by Crippen LogP contribution is -1.99.